The lowest BCUT2D eigenvalue weighted by Gasteiger charge is -2.33. The van der Waals surface area contributed by atoms with Crippen molar-refractivity contribution in [3.63, 3.8) is 0 Å². The van der Waals surface area contributed by atoms with Crippen LogP contribution in [0.4, 0.5) is 0 Å². The fourth-order valence-corrected chi connectivity index (χ4v) is 3.90. The lowest BCUT2D eigenvalue weighted by molar-refractivity contribution is -0.119. The first-order valence-electron chi connectivity index (χ1n) is 9.52. The van der Waals surface area contributed by atoms with Crippen molar-refractivity contribution < 1.29 is 9.53 Å². The van der Waals surface area contributed by atoms with Gasteiger partial charge in [-0.15, -0.1) is 10.2 Å². The van der Waals surface area contributed by atoms with E-state index in [1.807, 2.05) is 19.1 Å². The number of rotatable bonds is 6. The second kappa shape index (κ2) is 9.60. The third-order valence-electron chi connectivity index (χ3n) is 5.08. The van der Waals surface area contributed by atoms with Gasteiger partial charge in [0.1, 0.15) is 0 Å². The molecule has 3 rings (SSSR count). The molecule has 0 bridgehead atoms. The summed E-state index contributed by atoms with van der Waals surface area (Å²) in [5.41, 5.74) is 6.80. The summed E-state index contributed by atoms with van der Waals surface area (Å²) in [6, 6.07) is 6.63. The Kier molecular flexibility index (Phi) is 7.17. The standard InChI is InChI=1S/C19H30N6O2S/c1-14-5-6-16(9-15(14)2)11-25-7-8-27-17(12-25)10-20-18(26)13-28-19-21-22-24(4)23(19)3/h5-6,9,17,22H,7-8,10-13H2,1-4H3,(H,20,26). The summed E-state index contributed by atoms with van der Waals surface area (Å²) < 4.78 is 5.84. The van der Waals surface area contributed by atoms with Gasteiger partial charge in [-0.05, 0) is 30.5 Å². The topological polar surface area (TPSA) is 72.4 Å². The second-order valence-electron chi connectivity index (χ2n) is 7.28. The van der Waals surface area contributed by atoms with E-state index in [0.717, 1.165) is 24.8 Å². The van der Waals surface area contributed by atoms with E-state index in [1.165, 1.54) is 28.5 Å². The zero-order chi connectivity index (χ0) is 20.1. The molecule has 1 saturated heterocycles. The Hall–Kier alpha value is -1.81. The fourth-order valence-electron chi connectivity index (χ4n) is 3.12. The predicted octanol–water partition coefficient (Wildman–Crippen LogP) is 0.921. The van der Waals surface area contributed by atoms with Crippen molar-refractivity contribution in [1.82, 2.24) is 25.9 Å². The van der Waals surface area contributed by atoms with E-state index in [1.54, 1.807) is 5.12 Å². The van der Waals surface area contributed by atoms with Crippen molar-refractivity contribution in [2.45, 2.75) is 26.5 Å². The molecule has 1 fully saturated rings. The van der Waals surface area contributed by atoms with Crippen LogP contribution >= 0.6 is 11.8 Å². The molecule has 154 valence electrons. The zero-order valence-corrected chi connectivity index (χ0v) is 17.9. The third kappa shape index (κ3) is 5.60. The highest BCUT2D eigenvalue weighted by molar-refractivity contribution is 8.14. The minimum Gasteiger partial charge on any atom is -0.374 e. The van der Waals surface area contributed by atoms with Crippen LogP contribution < -0.4 is 10.9 Å². The summed E-state index contributed by atoms with van der Waals surface area (Å²) in [5.74, 6) is 0.322. The number of morpholine rings is 1. The van der Waals surface area contributed by atoms with E-state index in [9.17, 15) is 4.79 Å². The highest BCUT2D eigenvalue weighted by Gasteiger charge is 2.22. The average Bonchev–Trinajstić information content (AvgIpc) is 3.00. The number of carbonyl (C=O) groups excluding carboxylic acids is 1. The number of carbonyl (C=O) groups is 1. The molecule has 1 aromatic carbocycles. The summed E-state index contributed by atoms with van der Waals surface area (Å²) in [5, 5.41) is 11.5. The lowest BCUT2D eigenvalue weighted by atomic mass is 10.1. The minimum atomic E-state index is -0.00876. The molecule has 1 aromatic rings. The van der Waals surface area contributed by atoms with Crippen LogP contribution in [-0.2, 0) is 16.1 Å². The number of amidine groups is 1. The molecule has 1 amide bonds. The third-order valence-corrected chi connectivity index (χ3v) is 6.10. The fraction of sp³-hybridized carbons (Fsp3) is 0.579. The Morgan fingerprint density at radius 1 is 1.36 bits per heavy atom. The van der Waals surface area contributed by atoms with Crippen LogP contribution in [0.3, 0.4) is 0 Å². The van der Waals surface area contributed by atoms with E-state index in [2.05, 4.69) is 52.9 Å². The van der Waals surface area contributed by atoms with Gasteiger partial charge in [0.2, 0.25) is 11.1 Å². The van der Waals surface area contributed by atoms with Crippen molar-refractivity contribution >= 4 is 22.8 Å². The van der Waals surface area contributed by atoms with Gasteiger partial charge in [-0.2, -0.15) is 0 Å². The van der Waals surface area contributed by atoms with E-state index >= 15 is 0 Å². The van der Waals surface area contributed by atoms with Crippen LogP contribution in [0.1, 0.15) is 16.7 Å². The van der Waals surface area contributed by atoms with Gasteiger partial charge >= 0.3 is 0 Å². The lowest BCUT2D eigenvalue weighted by Crippen LogP contribution is -2.47. The number of hydrazine groups is 2. The van der Waals surface area contributed by atoms with Crippen molar-refractivity contribution in [2.75, 3.05) is 46.1 Å². The summed E-state index contributed by atoms with van der Waals surface area (Å²) in [6.45, 7) is 8.17. The number of thioether (sulfide) groups is 1. The highest BCUT2D eigenvalue weighted by Crippen LogP contribution is 2.15. The summed E-state index contributed by atoms with van der Waals surface area (Å²) in [6.07, 6.45) is 0.0218. The molecule has 0 saturated carbocycles. The van der Waals surface area contributed by atoms with Gasteiger partial charge < -0.3 is 10.1 Å². The summed E-state index contributed by atoms with van der Waals surface area (Å²) in [7, 11) is 3.75. The van der Waals surface area contributed by atoms with Gasteiger partial charge in [0.05, 0.1) is 18.5 Å². The molecule has 28 heavy (non-hydrogen) atoms. The van der Waals surface area contributed by atoms with Gasteiger partial charge in [0.15, 0.2) is 0 Å². The average molecular weight is 407 g/mol. The maximum absolute atomic E-state index is 12.2. The van der Waals surface area contributed by atoms with Gasteiger partial charge in [-0.1, -0.05) is 30.0 Å². The molecule has 2 N–H and O–H groups in total. The second-order valence-corrected chi connectivity index (χ2v) is 8.22. The van der Waals surface area contributed by atoms with E-state index < -0.39 is 0 Å². The van der Waals surface area contributed by atoms with Gasteiger partial charge in [0, 0.05) is 40.3 Å². The quantitative estimate of drug-likeness (QED) is 0.728. The number of hydrazone groups is 1. The number of hydrogen-bond acceptors (Lipinski definition) is 8. The number of nitrogens with zero attached hydrogens (tertiary/aromatic N) is 4. The van der Waals surface area contributed by atoms with Crippen LogP contribution in [0.25, 0.3) is 0 Å². The Morgan fingerprint density at radius 2 is 2.18 bits per heavy atom. The predicted molar refractivity (Wildman–Crippen MR) is 112 cm³/mol. The van der Waals surface area contributed by atoms with Crippen LogP contribution in [0, 0.1) is 13.8 Å². The van der Waals surface area contributed by atoms with Crippen LogP contribution in [0.15, 0.2) is 23.3 Å². The highest BCUT2D eigenvalue weighted by atomic mass is 32.2. The van der Waals surface area contributed by atoms with Gasteiger partial charge in [-0.25, -0.2) is 5.53 Å². The molecule has 0 aliphatic carbocycles. The summed E-state index contributed by atoms with van der Waals surface area (Å²) in [4.78, 5) is 14.6. The SMILES string of the molecule is Cc1ccc(CN2CCOC(CNC(=O)CSC3=NNN(C)N3C)C2)cc1C. The van der Waals surface area contributed by atoms with Crippen LogP contribution in [0.5, 0.6) is 0 Å². The zero-order valence-electron chi connectivity index (χ0n) is 17.1. The number of hydrogen-bond donors (Lipinski definition) is 2. The molecular weight excluding hydrogens is 376 g/mol. The Labute approximate surface area is 171 Å². The maximum Gasteiger partial charge on any atom is 0.230 e. The summed E-state index contributed by atoms with van der Waals surface area (Å²) >= 11 is 1.40. The Bertz CT molecular complexity index is 728. The van der Waals surface area contributed by atoms with E-state index in [-0.39, 0.29) is 12.0 Å². The van der Waals surface area contributed by atoms with E-state index in [4.69, 9.17) is 4.74 Å². The monoisotopic (exact) mass is 406 g/mol. The van der Waals surface area contributed by atoms with Gasteiger partial charge in [0.25, 0.3) is 0 Å². The molecule has 0 spiro atoms. The van der Waals surface area contributed by atoms with Crippen molar-refractivity contribution in [3.8, 4) is 0 Å². The maximum atomic E-state index is 12.2. The number of amides is 1. The number of benzene rings is 1. The molecule has 8 nitrogen and oxygen atoms in total. The van der Waals surface area contributed by atoms with Crippen molar-refractivity contribution in [1.29, 1.82) is 0 Å². The van der Waals surface area contributed by atoms with Gasteiger partial charge in [-0.3, -0.25) is 14.7 Å². The molecule has 0 radical (unpaired) electrons. The molecule has 1 atom stereocenters. The first-order chi connectivity index (χ1) is 13.4. The molecule has 1 unspecified atom stereocenters. The normalized spacial score (nSPS) is 20.8. The molecule has 2 aliphatic heterocycles. The largest absolute Gasteiger partial charge is 0.374 e. The van der Waals surface area contributed by atoms with Crippen LogP contribution in [-0.4, -0.2) is 78.3 Å². The first kappa shape index (κ1) is 20.9. The Balaban J connectivity index is 1.39. The van der Waals surface area contributed by atoms with Crippen molar-refractivity contribution in [2.24, 2.45) is 5.10 Å². The molecule has 0 aromatic heterocycles. The molecular formula is C19H30N6O2S. The molecule has 2 heterocycles. The Morgan fingerprint density at radius 3 is 2.89 bits per heavy atom. The number of ether oxygens (including phenoxy) is 1. The molecule has 2 aliphatic rings. The van der Waals surface area contributed by atoms with Crippen LogP contribution in [0.2, 0.25) is 0 Å². The first-order valence-corrected chi connectivity index (χ1v) is 10.5. The smallest absolute Gasteiger partial charge is 0.230 e. The number of nitrogens with one attached hydrogen (secondary N) is 2. The minimum absolute atomic E-state index is 0.00876. The van der Waals surface area contributed by atoms with Crippen molar-refractivity contribution in [3.05, 3.63) is 34.9 Å². The molecule has 9 heteroatoms. The number of aryl methyl sites for hydroxylation is 2. The van der Waals surface area contributed by atoms with E-state index in [0.29, 0.717) is 18.9 Å².